The van der Waals surface area contributed by atoms with Crippen LogP contribution in [0.25, 0.3) is 0 Å². The summed E-state index contributed by atoms with van der Waals surface area (Å²) in [6, 6.07) is 14.0. The number of aromatic nitrogens is 6. The van der Waals surface area contributed by atoms with Gasteiger partial charge in [-0.2, -0.15) is 13.2 Å². The van der Waals surface area contributed by atoms with Crippen molar-refractivity contribution in [1.29, 1.82) is 0 Å². The molecule has 4 heterocycles. The Kier molecular flexibility index (Phi) is 7.10. The van der Waals surface area contributed by atoms with Crippen LogP contribution < -0.4 is 15.0 Å². The lowest BCUT2D eigenvalue weighted by molar-refractivity contribution is -0.145. The van der Waals surface area contributed by atoms with Crippen molar-refractivity contribution in [3.63, 3.8) is 0 Å². The minimum Gasteiger partial charge on any atom is -0.489 e. The summed E-state index contributed by atoms with van der Waals surface area (Å²) in [5, 5.41) is 13.0. The second kappa shape index (κ2) is 10.9. The monoisotopic (exact) mass is 581 g/mol. The Bertz CT molecular complexity index is 1620. The lowest BCUT2D eigenvalue weighted by Crippen LogP contribution is -2.49. The van der Waals surface area contributed by atoms with Crippen LogP contribution in [-0.4, -0.2) is 72.9 Å². The van der Waals surface area contributed by atoms with Gasteiger partial charge in [0.2, 0.25) is 5.82 Å². The number of hydrogen-bond donors (Lipinski definition) is 2. The number of rotatable bonds is 6. The molecular formula is C27H26F3N9O3. The highest BCUT2D eigenvalue weighted by Crippen LogP contribution is 2.33. The minimum atomic E-state index is -4.60. The molecule has 218 valence electrons. The molecule has 2 aliphatic rings. The Morgan fingerprint density at radius 3 is 2.71 bits per heavy atom. The summed E-state index contributed by atoms with van der Waals surface area (Å²) in [6.07, 6.45) is -4.13. The fourth-order valence-corrected chi connectivity index (χ4v) is 4.93. The zero-order valence-electron chi connectivity index (χ0n) is 22.4. The number of anilines is 1. The largest absolute Gasteiger partial charge is 0.489 e. The molecule has 12 nitrogen and oxygen atoms in total. The first kappa shape index (κ1) is 27.4. The molecule has 2 amide bonds. The van der Waals surface area contributed by atoms with Crippen molar-refractivity contribution >= 4 is 17.5 Å². The van der Waals surface area contributed by atoms with E-state index in [0.29, 0.717) is 36.8 Å². The van der Waals surface area contributed by atoms with Gasteiger partial charge in [-0.25, -0.2) is 14.6 Å². The molecule has 0 saturated carbocycles. The van der Waals surface area contributed by atoms with E-state index in [2.05, 4.69) is 30.6 Å². The van der Waals surface area contributed by atoms with Gasteiger partial charge in [0.05, 0.1) is 18.8 Å². The van der Waals surface area contributed by atoms with Crippen molar-refractivity contribution in [2.45, 2.75) is 38.3 Å². The molecule has 0 fully saturated rings. The molecule has 2 aromatic carbocycles. The first-order valence-electron chi connectivity index (χ1n) is 13.2. The number of ether oxygens (including phenoxy) is 1. The fourth-order valence-electron chi connectivity index (χ4n) is 4.93. The maximum absolute atomic E-state index is 13.3. The Hall–Kier alpha value is -4.79. The van der Waals surface area contributed by atoms with Gasteiger partial charge >= 0.3 is 6.18 Å². The van der Waals surface area contributed by atoms with E-state index in [0.717, 1.165) is 11.1 Å². The molecule has 1 unspecified atom stereocenters. The number of likely N-dealkylation sites (N-methyl/N-ethyl adjacent to an activating group) is 1. The van der Waals surface area contributed by atoms with Gasteiger partial charge in [0.25, 0.3) is 17.6 Å². The van der Waals surface area contributed by atoms with Crippen LogP contribution in [0.5, 0.6) is 5.75 Å². The Balaban J connectivity index is 1.10. The van der Waals surface area contributed by atoms with E-state index < -0.39 is 23.9 Å². The highest BCUT2D eigenvalue weighted by atomic mass is 19.4. The molecule has 4 aromatic rings. The van der Waals surface area contributed by atoms with E-state index in [1.807, 2.05) is 41.3 Å². The zero-order valence-corrected chi connectivity index (χ0v) is 22.4. The van der Waals surface area contributed by atoms with Crippen molar-refractivity contribution in [3.05, 3.63) is 83.0 Å². The number of aromatic amines is 1. The molecule has 2 aromatic heterocycles. The highest BCUT2D eigenvalue weighted by Gasteiger charge is 2.38. The first-order valence-corrected chi connectivity index (χ1v) is 13.2. The number of nitrogens with one attached hydrogen (secondary N) is 2. The van der Waals surface area contributed by atoms with Crippen molar-refractivity contribution in [2.75, 3.05) is 25.1 Å². The van der Waals surface area contributed by atoms with Gasteiger partial charge in [-0.15, -0.1) is 10.2 Å². The predicted molar refractivity (Wildman–Crippen MR) is 141 cm³/mol. The number of carbonyl (C=O) groups is 2. The highest BCUT2D eigenvalue weighted by molar-refractivity contribution is 6.02. The lowest BCUT2D eigenvalue weighted by atomic mass is 10.1. The number of H-pyrrole nitrogens is 1. The summed E-state index contributed by atoms with van der Waals surface area (Å²) in [6.45, 7) is 1.29. The smallest absolute Gasteiger partial charge is 0.453 e. The molecule has 0 bridgehead atoms. The second-order valence-electron chi connectivity index (χ2n) is 10.1. The summed E-state index contributed by atoms with van der Waals surface area (Å²) < 4.78 is 46.2. The first-order chi connectivity index (χ1) is 20.1. The van der Waals surface area contributed by atoms with Crippen LogP contribution in [0.2, 0.25) is 0 Å². The molecule has 42 heavy (non-hydrogen) atoms. The third kappa shape index (κ3) is 5.68. The number of nitrogens with zero attached hydrogens (tertiary/aromatic N) is 7. The van der Waals surface area contributed by atoms with Crippen molar-refractivity contribution < 1.29 is 27.5 Å². The zero-order chi connectivity index (χ0) is 29.4. The van der Waals surface area contributed by atoms with Gasteiger partial charge in [0.15, 0.2) is 0 Å². The molecule has 1 atom stereocenters. The fraction of sp³-hybridized carbons (Fsp3) is 0.333. The molecule has 2 N–H and O–H groups in total. The van der Waals surface area contributed by atoms with E-state index in [1.54, 1.807) is 19.2 Å². The maximum atomic E-state index is 13.3. The van der Waals surface area contributed by atoms with Gasteiger partial charge in [0, 0.05) is 26.6 Å². The minimum absolute atomic E-state index is 0.0832. The second-order valence-corrected chi connectivity index (χ2v) is 10.1. The number of hydrogen-bond acceptors (Lipinski definition) is 8. The summed E-state index contributed by atoms with van der Waals surface area (Å²) >= 11 is 0. The van der Waals surface area contributed by atoms with Crippen LogP contribution >= 0.6 is 0 Å². The van der Waals surface area contributed by atoms with E-state index in [9.17, 15) is 22.8 Å². The molecular weight excluding hydrogens is 555 g/mol. The van der Waals surface area contributed by atoms with Crippen LogP contribution in [0.3, 0.4) is 0 Å². The average Bonchev–Trinajstić information content (AvgIpc) is 3.60. The number of halogens is 3. The standard InChI is InChI=1S/C27H26F3N9O3/c1-37-19-11-17(13-38-9-10-39-22(14-38)33-26(36-39)27(28,29)30)7-8-20(19)42-15-18(25(37)41)31-24(40)23-32-21(34-35-23)12-16-5-3-2-4-6-16/h2-8,11,18H,9-10,12-15H2,1H3,(H,31,40)(H,32,34,35). The van der Waals surface area contributed by atoms with Crippen LogP contribution in [0.15, 0.2) is 48.5 Å². The Morgan fingerprint density at radius 1 is 1.12 bits per heavy atom. The third-order valence-corrected chi connectivity index (χ3v) is 7.07. The molecule has 0 saturated heterocycles. The number of benzene rings is 2. The molecule has 15 heteroatoms. The van der Waals surface area contributed by atoms with Crippen molar-refractivity contribution in [2.24, 2.45) is 0 Å². The topological polar surface area (TPSA) is 134 Å². The summed E-state index contributed by atoms with van der Waals surface area (Å²) in [5.74, 6) is -0.997. The van der Waals surface area contributed by atoms with Crippen molar-refractivity contribution in [1.82, 2.24) is 40.2 Å². The summed E-state index contributed by atoms with van der Waals surface area (Å²) in [7, 11) is 1.59. The van der Waals surface area contributed by atoms with Gasteiger partial charge in [-0.05, 0) is 23.3 Å². The van der Waals surface area contributed by atoms with E-state index >= 15 is 0 Å². The maximum Gasteiger partial charge on any atom is 0.453 e. The van der Waals surface area contributed by atoms with E-state index in [-0.39, 0.29) is 37.3 Å². The number of alkyl halides is 3. The quantitative estimate of drug-likeness (QED) is 0.354. The summed E-state index contributed by atoms with van der Waals surface area (Å²) in [4.78, 5) is 37.5. The predicted octanol–water partition coefficient (Wildman–Crippen LogP) is 2.18. The Labute approximate surface area is 237 Å². The number of amides is 2. The van der Waals surface area contributed by atoms with E-state index in [1.165, 1.54) is 9.58 Å². The van der Waals surface area contributed by atoms with Crippen LogP contribution in [-0.2, 0) is 37.0 Å². The molecule has 0 spiro atoms. The van der Waals surface area contributed by atoms with Gasteiger partial charge in [-0.3, -0.25) is 19.6 Å². The van der Waals surface area contributed by atoms with E-state index in [4.69, 9.17) is 4.74 Å². The SMILES string of the molecule is CN1C(=O)C(NC(=O)c2n[nH]c(Cc3ccccc3)n2)COc2ccc(CN3CCn4nc(C(F)(F)F)nc4C3)cc21. The van der Waals surface area contributed by atoms with Crippen molar-refractivity contribution in [3.8, 4) is 5.75 Å². The van der Waals surface area contributed by atoms with Gasteiger partial charge in [-0.1, -0.05) is 36.4 Å². The lowest BCUT2D eigenvalue weighted by Gasteiger charge is -2.27. The van der Waals surface area contributed by atoms with Crippen LogP contribution in [0.1, 0.15) is 39.2 Å². The van der Waals surface area contributed by atoms with Gasteiger partial charge < -0.3 is 15.0 Å². The third-order valence-electron chi connectivity index (χ3n) is 7.07. The molecule has 0 aliphatic carbocycles. The molecule has 0 radical (unpaired) electrons. The van der Waals surface area contributed by atoms with Crippen LogP contribution in [0.4, 0.5) is 18.9 Å². The number of carbonyl (C=O) groups excluding carboxylic acids is 2. The van der Waals surface area contributed by atoms with Gasteiger partial charge in [0.1, 0.15) is 30.0 Å². The molecule has 2 aliphatic heterocycles. The molecule has 6 rings (SSSR count). The Morgan fingerprint density at radius 2 is 1.93 bits per heavy atom. The normalized spacial score (nSPS) is 17.3. The summed E-state index contributed by atoms with van der Waals surface area (Å²) in [5.41, 5.74) is 2.35. The number of fused-ring (bicyclic) bond motifs is 2. The average molecular weight is 582 g/mol. The van der Waals surface area contributed by atoms with Crippen LogP contribution in [0, 0.1) is 0 Å².